The fraction of sp³-hybridized carbons (Fsp3) is 0.316. The third-order valence-corrected chi connectivity index (χ3v) is 4.82. The van der Waals surface area contributed by atoms with Crippen LogP contribution in [-0.4, -0.2) is 40.7 Å². The van der Waals surface area contributed by atoms with Crippen LogP contribution in [0, 0.1) is 0 Å². The second-order valence-corrected chi connectivity index (χ2v) is 6.70. The SMILES string of the molecule is CCN(Cc1nc(-c2cccs2)no1)C(=O)[C@@H](C)Oc1ccccc1OC. The molecule has 0 fully saturated rings. The van der Waals surface area contributed by atoms with Gasteiger partial charge < -0.3 is 18.9 Å². The van der Waals surface area contributed by atoms with E-state index in [4.69, 9.17) is 14.0 Å². The van der Waals surface area contributed by atoms with Gasteiger partial charge in [-0.3, -0.25) is 4.79 Å². The smallest absolute Gasteiger partial charge is 0.263 e. The Morgan fingerprint density at radius 3 is 2.70 bits per heavy atom. The maximum atomic E-state index is 12.8. The van der Waals surface area contributed by atoms with Crippen molar-refractivity contribution in [3.63, 3.8) is 0 Å². The Kier molecular flexibility index (Phi) is 6.08. The van der Waals surface area contributed by atoms with Crippen molar-refractivity contribution in [1.82, 2.24) is 15.0 Å². The van der Waals surface area contributed by atoms with E-state index < -0.39 is 6.10 Å². The van der Waals surface area contributed by atoms with Crippen LogP contribution in [0.1, 0.15) is 19.7 Å². The predicted octanol–water partition coefficient (Wildman–Crippen LogP) is 3.62. The number of carbonyl (C=O) groups is 1. The number of hydrogen-bond acceptors (Lipinski definition) is 7. The molecule has 0 radical (unpaired) electrons. The lowest BCUT2D eigenvalue weighted by molar-refractivity contribution is -0.138. The number of nitrogens with zero attached hydrogens (tertiary/aromatic N) is 3. The van der Waals surface area contributed by atoms with E-state index in [9.17, 15) is 4.79 Å². The Labute approximate surface area is 161 Å². The highest BCUT2D eigenvalue weighted by Crippen LogP contribution is 2.27. The molecule has 0 saturated heterocycles. The van der Waals surface area contributed by atoms with Gasteiger partial charge in [-0.05, 0) is 37.4 Å². The number of amides is 1. The highest BCUT2D eigenvalue weighted by molar-refractivity contribution is 7.13. The van der Waals surface area contributed by atoms with Crippen molar-refractivity contribution >= 4 is 17.2 Å². The highest BCUT2D eigenvalue weighted by Gasteiger charge is 2.24. The zero-order valence-corrected chi connectivity index (χ0v) is 16.2. The zero-order chi connectivity index (χ0) is 19.2. The summed E-state index contributed by atoms with van der Waals surface area (Å²) in [6.45, 7) is 4.33. The fourth-order valence-electron chi connectivity index (χ4n) is 2.55. The van der Waals surface area contributed by atoms with Gasteiger partial charge in [0.2, 0.25) is 11.7 Å². The number of hydrogen-bond donors (Lipinski definition) is 0. The normalized spacial score (nSPS) is 11.8. The predicted molar refractivity (Wildman–Crippen MR) is 102 cm³/mol. The van der Waals surface area contributed by atoms with Gasteiger partial charge >= 0.3 is 0 Å². The Morgan fingerprint density at radius 1 is 1.26 bits per heavy atom. The molecule has 0 spiro atoms. The van der Waals surface area contributed by atoms with Crippen molar-refractivity contribution in [2.45, 2.75) is 26.5 Å². The molecule has 0 unspecified atom stereocenters. The molecule has 2 aromatic heterocycles. The Bertz CT molecular complexity index is 879. The van der Waals surface area contributed by atoms with Crippen molar-refractivity contribution in [2.24, 2.45) is 0 Å². The molecule has 0 aliphatic carbocycles. The van der Waals surface area contributed by atoms with Gasteiger partial charge in [-0.2, -0.15) is 4.98 Å². The lowest BCUT2D eigenvalue weighted by Crippen LogP contribution is -2.40. The van der Waals surface area contributed by atoms with E-state index >= 15 is 0 Å². The standard InChI is InChI=1S/C19H21N3O4S/c1-4-22(12-17-20-18(21-26-17)16-10-7-11-27-16)19(23)13(2)25-15-9-6-5-8-14(15)24-3/h5-11,13H,4,12H2,1-3H3/t13-/m1/s1. The molecular formula is C19H21N3O4S. The number of thiophene rings is 1. The molecule has 0 aliphatic heterocycles. The van der Waals surface area contributed by atoms with Crippen LogP contribution >= 0.6 is 11.3 Å². The van der Waals surface area contributed by atoms with Crippen LogP contribution in [0.4, 0.5) is 0 Å². The Hall–Kier alpha value is -2.87. The number of rotatable bonds is 8. The quantitative estimate of drug-likeness (QED) is 0.587. The molecule has 2 heterocycles. The third-order valence-electron chi connectivity index (χ3n) is 3.95. The van der Waals surface area contributed by atoms with Gasteiger partial charge in [-0.15, -0.1) is 11.3 Å². The lowest BCUT2D eigenvalue weighted by Gasteiger charge is -2.24. The molecular weight excluding hydrogens is 366 g/mol. The highest BCUT2D eigenvalue weighted by atomic mass is 32.1. The number of likely N-dealkylation sites (N-methyl/N-ethyl adjacent to an activating group) is 1. The van der Waals surface area contributed by atoms with Gasteiger partial charge in [0.1, 0.15) is 6.54 Å². The van der Waals surface area contributed by atoms with Crippen LogP contribution in [-0.2, 0) is 11.3 Å². The first kappa shape index (κ1) is 18.9. The molecule has 1 atom stereocenters. The molecule has 0 aliphatic rings. The van der Waals surface area contributed by atoms with E-state index in [1.54, 1.807) is 31.1 Å². The minimum Gasteiger partial charge on any atom is -0.493 e. The van der Waals surface area contributed by atoms with E-state index in [1.807, 2.05) is 36.6 Å². The van der Waals surface area contributed by atoms with Crippen LogP contribution in [0.5, 0.6) is 11.5 Å². The Balaban J connectivity index is 1.66. The fourth-order valence-corrected chi connectivity index (χ4v) is 3.20. The van der Waals surface area contributed by atoms with Crippen molar-refractivity contribution in [3.8, 4) is 22.2 Å². The molecule has 3 rings (SSSR count). The van der Waals surface area contributed by atoms with Crippen molar-refractivity contribution < 1.29 is 18.8 Å². The lowest BCUT2D eigenvalue weighted by atomic mass is 10.3. The van der Waals surface area contributed by atoms with Crippen molar-refractivity contribution in [2.75, 3.05) is 13.7 Å². The molecule has 3 aromatic rings. The van der Waals surface area contributed by atoms with Crippen LogP contribution < -0.4 is 9.47 Å². The average molecular weight is 387 g/mol. The maximum absolute atomic E-state index is 12.8. The summed E-state index contributed by atoms with van der Waals surface area (Å²) >= 11 is 1.53. The van der Waals surface area contributed by atoms with E-state index in [0.29, 0.717) is 29.8 Å². The van der Waals surface area contributed by atoms with Gasteiger partial charge in [-0.25, -0.2) is 0 Å². The molecule has 27 heavy (non-hydrogen) atoms. The number of aromatic nitrogens is 2. The summed E-state index contributed by atoms with van der Waals surface area (Å²) in [5.41, 5.74) is 0. The summed E-state index contributed by atoms with van der Waals surface area (Å²) in [6, 6.07) is 11.1. The second-order valence-electron chi connectivity index (χ2n) is 5.75. The van der Waals surface area contributed by atoms with Gasteiger partial charge in [0.25, 0.3) is 5.91 Å². The monoisotopic (exact) mass is 387 g/mol. The van der Waals surface area contributed by atoms with Crippen LogP contribution in [0.2, 0.25) is 0 Å². The Morgan fingerprint density at radius 2 is 2.04 bits per heavy atom. The summed E-state index contributed by atoms with van der Waals surface area (Å²) < 4.78 is 16.4. The average Bonchev–Trinajstić information content (AvgIpc) is 3.37. The summed E-state index contributed by atoms with van der Waals surface area (Å²) in [6.07, 6.45) is -0.680. The van der Waals surface area contributed by atoms with E-state index in [2.05, 4.69) is 10.1 Å². The number of carbonyl (C=O) groups excluding carboxylic acids is 1. The topological polar surface area (TPSA) is 77.7 Å². The summed E-state index contributed by atoms with van der Waals surface area (Å²) in [5.74, 6) is 1.85. The number of benzene rings is 1. The van der Waals surface area contributed by atoms with Crippen LogP contribution in [0.3, 0.4) is 0 Å². The first-order valence-electron chi connectivity index (χ1n) is 8.57. The first-order chi connectivity index (χ1) is 13.1. The molecule has 0 saturated carbocycles. The van der Waals surface area contributed by atoms with Gasteiger partial charge in [0, 0.05) is 6.54 Å². The van der Waals surface area contributed by atoms with Crippen LogP contribution in [0.15, 0.2) is 46.3 Å². The van der Waals surface area contributed by atoms with Gasteiger partial charge in [-0.1, -0.05) is 23.4 Å². The second kappa shape index (κ2) is 8.68. The summed E-state index contributed by atoms with van der Waals surface area (Å²) in [7, 11) is 1.56. The largest absolute Gasteiger partial charge is 0.493 e. The van der Waals surface area contributed by atoms with E-state index in [-0.39, 0.29) is 12.5 Å². The molecule has 142 valence electrons. The van der Waals surface area contributed by atoms with Crippen molar-refractivity contribution in [1.29, 1.82) is 0 Å². The maximum Gasteiger partial charge on any atom is 0.263 e. The molecule has 0 bridgehead atoms. The van der Waals surface area contributed by atoms with Crippen LogP contribution in [0.25, 0.3) is 10.7 Å². The van der Waals surface area contributed by atoms with Gasteiger partial charge in [0.05, 0.1) is 12.0 Å². The summed E-state index contributed by atoms with van der Waals surface area (Å²) in [5, 5.41) is 5.93. The molecule has 1 aromatic carbocycles. The summed E-state index contributed by atoms with van der Waals surface area (Å²) in [4.78, 5) is 19.7. The molecule has 0 N–H and O–H groups in total. The number of ether oxygens (including phenoxy) is 2. The first-order valence-corrected chi connectivity index (χ1v) is 9.45. The zero-order valence-electron chi connectivity index (χ0n) is 15.4. The molecule has 7 nitrogen and oxygen atoms in total. The van der Waals surface area contributed by atoms with Crippen molar-refractivity contribution in [3.05, 3.63) is 47.7 Å². The number of para-hydroxylation sites is 2. The number of methoxy groups -OCH3 is 1. The molecule has 8 heteroatoms. The molecule has 1 amide bonds. The van der Waals surface area contributed by atoms with Gasteiger partial charge in [0.15, 0.2) is 17.6 Å². The van der Waals surface area contributed by atoms with E-state index in [1.165, 1.54) is 11.3 Å². The van der Waals surface area contributed by atoms with E-state index in [0.717, 1.165) is 4.88 Å². The minimum atomic E-state index is -0.680. The minimum absolute atomic E-state index is 0.167. The third kappa shape index (κ3) is 4.46.